The highest BCUT2D eigenvalue weighted by atomic mass is 19.1. The van der Waals surface area contributed by atoms with Gasteiger partial charge < -0.3 is 30.4 Å². The van der Waals surface area contributed by atoms with E-state index < -0.39 is 11.7 Å². The molecule has 3 aromatic carbocycles. The number of nitrogens with one attached hydrogen (secondary N) is 2. The standard InChI is InChI=1S/C30H27FN4O5/c1-16(31)27(36)33-19-7-4-17(5-8-19)20-10-11-22-25(26(32)35-40-22)24(20)18-6-9-21(23(12-18)38-3)28(37)34-30-13-29(2,14-30)39-15-30/h4-12H,1,13-15H2,2-3H3,(H2,32,35)(H,33,36)(H,34,37). The van der Waals surface area contributed by atoms with Crippen LogP contribution in [0.25, 0.3) is 33.2 Å². The molecule has 2 saturated heterocycles. The second-order valence-corrected chi connectivity index (χ2v) is 10.6. The molecule has 2 amide bonds. The van der Waals surface area contributed by atoms with Crippen molar-refractivity contribution >= 4 is 34.3 Å². The van der Waals surface area contributed by atoms with Gasteiger partial charge in [-0.05, 0) is 60.0 Å². The van der Waals surface area contributed by atoms with Gasteiger partial charge in [0.05, 0.1) is 35.8 Å². The van der Waals surface area contributed by atoms with Crippen LogP contribution in [-0.4, -0.2) is 41.8 Å². The van der Waals surface area contributed by atoms with Crippen molar-refractivity contribution in [3.63, 3.8) is 0 Å². The summed E-state index contributed by atoms with van der Waals surface area (Å²) < 4.78 is 30.0. The molecule has 3 heterocycles. The molecule has 4 aromatic rings. The third-order valence-corrected chi connectivity index (χ3v) is 7.60. The van der Waals surface area contributed by atoms with Crippen molar-refractivity contribution in [1.29, 1.82) is 0 Å². The van der Waals surface area contributed by atoms with E-state index >= 15 is 0 Å². The fourth-order valence-electron chi connectivity index (χ4n) is 5.89. The normalized spacial score (nSPS) is 21.1. The van der Waals surface area contributed by atoms with Gasteiger partial charge in [-0.1, -0.05) is 29.9 Å². The molecule has 0 atom stereocenters. The minimum atomic E-state index is -1.08. The topological polar surface area (TPSA) is 129 Å². The summed E-state index contributed by atoms with van der Waals surface area (Å²) in [5.74, 6) is -1.60. The molecule has 1 aromatic heterocycles. The Morgan fingerprint density at radius 3 is 2.48 bits per heavy atom. The number of hydrogen-bond acceptors (Lipinski definition) is 7. The summed E-state index contributed by atoms with van der Waals surface area (Å²) in [6, 6.07) is 15.9. The number of hydrogen-bond donors (Lipinski definition) is 3. The van der Waals surface area contributed by atoms with Gasteiger partial charge >= 0.3 is 0 Å². The van der Waals surface area contributed by atoms with Gasteiger partial charge in [0.15, 0.2) is 17.2 Å². The molecule has 9 nitrogen and oxygen atoms in total. The van der Waals surface area contributed by atoms with Crippen LogP contribution in [0.1, 0.15) is 30.1 Å². The monoisotopic (exact) mass is 542 g/mol. The Hall–Kier alpha value is -4.70. The van der Waals surface area contributed by atoms with E-state index in [2.05, 4.69) is 29.3 Å². The fraction of sp³-hybridized carbons (Fsp3) is 0.233. The lowest BCUT2D eigenvalue weighted by Crippen LogP contribution is -2.58. The first-order valence-electron chi connectivity index (χ1n) is 12.7. The third-order valence-electron chi connectivity index (χ3n) is 7.60. The van der Waals surface area contributed by atoms with Gasteiger partial charge in [-0.25, -0.2) is 4.39 Å². The van der Waals surface area contributed by atoms with E-state index in [1.54, 1.807) is 42.5 Å². The second-order valence-electron chi connectivity index (χ2n) is 10.6. The predicted molar refractivity (Wildman–Crippen MR) is 149 cm³/mol. The van der Waals surface area contributed by atoms with Gasteiger partial charge in [0.1, 0.15) is 5.75 Å². The van der Waals surface area contributed by atoms with Crippen LogP contribution < -0.4 is 21.1 Å². The van der Waals surface area contributed by atoms with Crippen LogP contribution in [0.3, 0.4) is 0 Å². The molecule has 3 aliphatic rings. The first-order chi connectivity index (χ1) is 19.1. The summed E-state index contributed by atoms with van der Waals surface area (Å²) in [6.07, 6.45) is 1.57. The van der Waals surface area contributed by atoms with Crippen LogP contribution in [-0.2, 0) is 9.53 Å². The molecule has 7 rings (SSSR count). The third kappa shape index (κ3) is 4.26. The van der Waals surface area contributed by atoms with Gasteiger partial charge in [-0.2, -0.15) is 0 Å². The van der Waals surface area contributed by atoms with Gasteiger partial charge in [0, 0.05) is 24.1 Å². The molecule has 2 bridgehead atoms. The first kappa shape index (κ1) is 25.6. The molecule has 2 aliphatic heterocycles. The number of benzene rings is 3. The molecule has 1 aliphatic carbocycles. The Labute approximate surface area is 229 Å². The van der Waals surface area contributed by atoms with Crippen LogP contribution in [0, 0.1) is 0 Å². The van der Waals surface area contributed by atoms with Crippen LogP contribution in [0.15, 0.2) is 71.5 Å². The largest absolute Gasteiger partial charge is 0.496 e. The van der Waals surface area contributed by atoms with E-state index in [0.717, 1.165) is 35.1 Å². The maximum atomic E-state index is 13.3. The average molecular weight is 543 g/mol. The summed E-state index contributed by atoms with van der Waals surface area (Å²) in [6.45, 7) is 5.57. The molecule has 204 valence electrons. The summed E-state index contributed by atoms with van der Waals surface area (Å²) in [4.78, 5) is 24.9. The highest BCUT2D eigenvalue weighted by Crippen LogP contribution is 2.51. The molecule has 4 N–H and O–H groups in total. The molecule has 0 radical (unpaired) electrons. The summed E-state index contributed by atoms with van der Waals surface area (Å²) in [7, 11) is 1.52. The van der Waals surface area contributed by atoms with Crippen molar-refractivity contribution in [2.45, 2.75) is 30.9 Å². The second kappa shape index (κ2) is 9.20. The Kier molecular flexibility index (Phi) is 5.88. The molecular weight excluding hydrogens is 515 g/mol. The zero-order valence-electron chi connectivity index (χ0n) is 22.0. The number of rotatable bonds is 7. The quantitative estimate of drug-likeness (QED) is 0.273. The zero-order valence-corrected chi connectivity index (χ0v) is 22.0. The van der Waals surface area contributed by atoms with Gasteiger partial charge in [0.25, 0.3) is 11.8 Å². The summed E-state index contributed by atoms with van der Waals surface area (Å²) in [5, 5.41) is 10.1. The number of halogens is 1. The van der Waals surface area contributed by atoms with Gasteiger partial charge in [0.2, 0.25) is 0 Å². The number of nitrogens with zero attached hydrogens (tertiary/aromatic N) is 1. The van der Waals surface area contributed by atoms with Crippen molar-refractivity contribution in [2.24, 2.45) is 0 Å². The number of nitrogens with two attached hydrogens (primary N) is 1. The Morgan fingerprint density at radius 2 is 1.82 bits per heavy atom. The van der Waals surface area contributed by atoms with Crippen LogP contribution in [0.4, 0.5) is 15.9 Å². The fourth-order valence-corrected chi connectivity index (χ4v) is 5.89. The SMILES string of the molecule is C=C(F)C(=O)Nc1ccc(-c2ccc3onc(N)c3c2-c2ccc(C(=O)NC34COC(C)(C3)C4)c(OC)c2)cc1. The number of carbonyl (C=O) groups is 2. The number of ether oxygens (including phenoxy) is 2. The molecule has 40 heavy (non-hydrogen) atoms. The van der Waals surface area contributed by atoms with Crippen molar-refractivity contribution in [3.8, 4) is 28.0 Å². The van der Waals surface area contributed by atoms with Crippen LogP contribution in [0.2, 0.25) is 0 Å². The Bertz CT molecular complexity index is 1690. The van der Waals surface area contributed by atoms with E-state index in [9.17, 15) is 14.0 Å². The van der Waals surface area contributed by atoms with Crippen molar-refractivity contribution < 1.29 is 28.0 Å². The number of nitrogen functional groups attached to an aromatic ring is 1. The minimum Gasteiger partial charge on any atom is -0.496 e. The maximum absolute atomic E-state index is 13.3. The van der Waals surface area contributed by atoms with E-state index in [1.807, 2.05) is 12.1 Å². The van der Waals surface area contributed by atoms with Crippen LogP contribution >= 0.6 is 0 Å². The molecular formula is C30H27FN4O5. The lowest BCUT2D eigenvalue weighted by molar-refractivity contribution is -0.114. The maximum Gasteiger partial charge on any atom is 0.283 e. The van der Waals surface area contributed by atoms with E-state index in [1.165, 1.54) is 7.11 Å². The lowest BCUT2D eigenvalue weighted by Gasteiger charge is -2.42. The molecule has 0 unspecified atom stereocenters. The van der Waals surface area contributed by atoms with E-state index in [0.29, 0.717) is 34.6 Å². The summed E-state index contributed by atoms with van der Waals surface area (Å²) in [5.41, 5.74) is 10.1. The summed E-state index contributed by atoms with van der Waals surface area (Å²) >= 11 is 0. The van der Waals surface area contributed by atoms with Crippen molar-refractivity contribution in [2.75, 3.05) is 24.8 Å². The van der Waals surface area contributed by atoms with Crippen molar-refractivity contribution in [1.82, 2.24) is 10.5 Å². The zero-order chi connectivity index (χ0) is 28.2. The number of carbonyl (C=O) groups excluding carboxylic acids is 2. The van der Waals surface area contributed by atoms with Crippen molar-refractivity contribution in [3.05, 3.63) is 72.6 Å². The van der Waals surface area contributed by atoms with E-state index in [4.69, 9.17) is 19.7 Å². The Balaban J connectivity index is 1.39. The lowest BCUT2D eigenvalue weighted by atomic mass is 9.69. The number of methoxy groups -OCH3 is 1. The predicted octanol–water partition coefficient (Wildman–Crippen LogP) is 5.23. The average Bonchev–Trinajstić information content (AvgIpc) is 3.57. The molecule has 1 saturated carbocycles. The Morgan fingerprint density at radius 1 is 1.10 bits per heavy atom. The number of fused-ring (bicyclic) bond motifs is 2. The number of anilines is 2. The molecule has 3 fully saturated rings. The highest BCUT2D eigenvalue weighted by molar-refractivity contribution is 6.08. The van der Waals surface area contributed by atoms with Gasteiger partial charge in [-0.3, -0.25) is 9.59 Å². The highest BCUT2D eigenvalue weighted by Gasteiger charge is 2.60. The molecule has 0 spiro atoms. The number of aromatic nitrogens is 1. The minimum absolute atomic E-state index is 0.152. The van der Waals surface area contributed by atoms with Gasteiger partial charge in [-0.15, -0.1) is 0 Å². The number of amides is 2. The molecule has 10 heteroatoms. The smallest absolute Gasteiger partial charge is 0.283 e. The first-order valence-corrected chi connectivity index (χ1v) is 12.7. The van der Waals surface area contributed by atoms with Crippen LogP contribution in [0.5, 0.6) is 5.75 Å². The van der Waals surface area contributed by atoms with E-state index in [-0.39, 0.29) is 22.9 Å².